The highest BCUT2D eigenvalue weighted by Gasteiger charge is 2.25. The summed E-state index contributed by atoms with van der Waals surface area (Å²) >= 11 is 6.46. The average Bonchev–Trinajstić information content (AvgIpc) is 2.92. The molecule has 1 aliphatic rings. The number of carbonyl (C=O) groups excluding carboxylic acids is 1. The van der Waals surface area contributed by atoms with Crippen molar-refractivity contribution < 1.29 is 4.79 Å². The molecule has 2 heterocycles. The van der Waals surface area contributed by atoms with Gasteiger partial charge in [0.25, 0.3) is 5.91 Å². The summed E-state index contributed by atoms with van der Waals surface area (Å²) in [5.74, 6) is -0.385. The SMILES string of the molecule is CCc1c(-c2ccccc2Cl)c(C(N)=O)c(C)n1CCN1CCCCC1. The van der Waals surface area contributed by atoms with Gasteiger partial charge in [0.2, 0.25) is 0 Å². The van der Waals surface area contributed by atoms with Gasteiger partial charge >= 0.3 is 0 Å². The third-order valence-corrected chi connectivity index (χ3v) is 5.77. The summed E-state index contributed by atoms with van der Waals surface area (Å²) < 4.78 is 2.27. The molecule has 1 aromatic carbocycles. The van der Waals surface area contributed by atoms with Crippen LogP contribution >= 0.6 is 11.6 Å². The van der Waals surface area contributed by atoms with Crippen LogP contribution < -0.4 is 5.73 Å². The second-order valence-corrected chi connectivity index (χ2v) is 7.44. The molecule has 0 aliphatic carbocycles. The van der Waals surface area contributed by atoms with Gasteiger partial charge in [0.1, 0.15) is 0 Å². The molecular weight excluding hydrogens is 346 g/mol. The number of rotatable bonds is 6. The number of primary amides is 1. The van der Waals surface area contributed by atoms with E-state index < -0.39 is 0 Å². The van der Waals surface area contributed by atoms with Gasteiger partial charge in [-0.1, -0.05) is 43.1 Å². The lowest BCUT2D eigenvalue weighted by Crippen LogP contribution is -2.33. The standard InChI is InChI=1S/C21H28ClN3O/c1-3-18-20(16-9-5-6-10-17(16)22)19(21(23)26)15(2)25(18)14-13-24-11-7-4-8-12-24/h5-6,9-10H,3-4,7-8,11-14H2,1-2H3,(H2,23,26). The number of amides is 1. The van der Waals surface area contributed by atoms with Gasteiger partial charge in [-0.15, -0.1) is 0 Å². The van der Waals surface area contributed by atoms with Gasteiger partial charge in [0.05, 0.1) is 5.56 Å². The van der Waals surface area contributed by atoms with Crippen LogP contribution in [0.1, 0.15) is 47.9 Å². The molecule has 1 saturated heterocycles. The summed E-state index contributed by atoms with van der Waals surface area (Å²) in [5, 5.41) is 0.651. The number of nitrogens with zero attached hydrogens (tertiary/aromatic N) is 2. The molecule has 0 spiro atoms. The van der Waals surface area contributed by atoms with Crippen molar-refractivity contribution in [2.45, 2.75) is 46.1 Å². The molecule has 1 amide bonds. The minimum atomic E-state index is -0.385. The topological polar surface area (TPSA) is 51.3 Å². The van der Waals surface area contributed by atoms with Crippen LogP contribution in [0.15, 0.2) is 24.3 Å². The van der Waals surface area contributed by atoms with Crippen LogP contribution in [0.5, 0.6) is 0 Å². The highest BCUT2D eigenvalue weighted by Crippen LogP contribution is 2.37. The molecule has 26 heavy (non-hydrogen) atoms. The Labute approximate surface area is 160 Å². The summed E-state index contributed by atoms with van der Waals surface area (Å²) in [4.78, 5) is 14.8. The normalized spacial score (nSPS) is 15.3. The molecule has 4 nitrogen and oxygen atoms in total. The maximum absolute atomic E-state index is 12.3. The number of aromatic nitrogens is 1. The molecule has 2 N–H and O–H groups in total. The van der Waals surface area contributed by atoms with Gasteiger partial charge in [-0.05, 0) is 45.3 Å². The van der Waals surface area contributed by atoms with Gasteiger partial charge in [-0.25, -0.2) is 0 Å². The van der Waals surface area contributed by atoms with Crippen molar-refractivity contribution in [1.29, 1.82) is 0 Å². The zero-order valence-corrected chi connectivity index (χ0v) is 16.5. The fraction of sp³-hybridized carbons (Fsp3) is 0.476. The molecule has 0 unspecified atom stereocenters. The molecule has 0 atom stereocenters. The fourth-order valence-corrected chi connectivity index (χ4v) is 4.38. The number of piperidine rings is 1. The predicted octanol–water partition coefficient (Wildman–Crippen LogP) is 4.26. The molecule has 140 valence electrons. The number of hydrogen-bond donors (Lipinski definition) is 1. The zero-order valence-electron chi connectivity index (χ0n) is 15.7. The predicted molar refractivity (Wildman–Crippen MR) is 108 cm³/mol. The Bertz CT molecular complexity index is 791. The van der Waals surface area contributed by atoms with E-state index in [0.29, 0.717) is 10.6 Å². The first-order valence-electron chi connectivity index (χ1n) is 9.53. The van der Waals surface area contributed by atoms with Crippen molar-refractivity contribution in [3.63, 3.8) is 0 Å². The van der Waals surface area contributed by atoms with Crippen LogP contribution in [0.3, 0.4) is 0 Å². The number of hydrogen-bond acceptors (Lipinski definition) is 2. The first-order chi connectivity index (χ1) is 12.5. The molecule has 2 aromatic rings. The Balaban J connectivity index is 2.03. The second-order valence-electron chi connectivity index (χ2n) is 7.03. The van der Waals surface area contributed by atoms with Gasteiger partial charge in [-0.3, -0.25) is 4.79 Å². The van der Waals surface area contributed by atoms with E-state index in [-0.39, 0.29) is 5.91 Å². The third-order valence-electron chi connectivity index (χ3n) is 5.44. The summed E-state index contributed by atoms with van der Waals surface area (Å²) in [5.41, 5.74) is 10.3. The molecule has 1 aliphatic heterocycles. The van der Waals surface area contributed by atoms with Crippen molar-refractivity contribution in [3.8, 4) is 11.1 Å². The van der Waals surface area contributed by atoms with Gasteiger partial charge in [0, 0.05) is 40.6 Å². The van der Waals surface area contributed by atoms with Crippen LogP contribution in [-0.4, -0.2) is 35.0 Å². The van der Waals surface area contributed by atoms with E-state index in [9.17, 15) is 4.79 Å². The van der Waals surface area contributed by atoms with Crippen molar-refractivity contribution in [2.75, 3.05) is 19.6 Å². The Morgan fingerprint density at radius 2 is 1.85 bits per heavy atom. The Hall–Kier alpha value is -1.78. The number of nitrogens with two attached hydrogens (primary N) is 1. The Kier molecular flexibility index (Phi) is 6.05. The molecule has 3 rings (SSSR count). The molecule has 1 fully saturated rings. The zero-order chi connectivity index (χ0) is 18.7. The summed E-state index contributed by atoms with van der Waals surface area (Å²) in [6.45, 7) is 8.33. The van der Waals surface area contributed by atoms with E-state index in [1.807, 2.05) is 31.2 Å². The van der Waals surface area contributed by atoms with Crippen molar-refractivity contribution in [1.82, 2.24) is 9.47 Å². The Morgan fingerprint density at radius 3 is 2.46 bits per heavy atom. The van der Waals surface area contributed by atoms with Gasteiger partial charge in [0.15, 0.2) is 0 Å². The minimum absolute atomic E-state index is 0.385. The van der Waals surface area contributed by atoms with E-state index in [1.165, 1.54) is 32.4 Å². The summed E-state index contributed by atoms with van der Waals surface area (Å²) in [7, 11) is 0. The van der Waals surface area contributed by atoms with E-state index >= 15 is 0 Å². The lowest BCUT2D eigenvalue weighted by Gasteiger charge is -2.27. The highest BCUT2D eigenvalue weighted by atomic mass is 35.5. The maximum Gasteiger partial charge on any atom is 0.251 e. The van der Waals surface area contributed by atoms with Crippen LogP contribution in [-0.2, 0) is 13.0 Å². The van der Waals surface area contributed by atoms with Gasteiger partial charge in [-0.2, -0.15) is 0 Å². The largest absolute Gasteiger partial charge is 0.366 e. The maximum atomic E-state index is 12.3. The van der Waals surface area contributed by atoms with Crippen molar-refractivity contribution in [3.05, 3.63) is 46.2 Å². The van der Waals surface area contributed by atoms with E-state index in [2.05, 4.69) is 16.4 Å². The summed E-state index contributed by atoms with van der Waals surface area (Å²) in [6, 6.07) is 7.69. The lowest BCUT2D eigenvalue weighted by molar-refractivity contribution is 0.1000. The number of benzene rings is 1. The number of halogens is 1. The van der Waals surface area contributed by atoms with E-state index in [4.69, 9.17) is 17.3 Å². The fourth-order valence-electron chi connectivity index (χ4n) is 4.15. The first-order valence-corrected chi connectivity index (χ1v) is 9.91. The summed E-state index contributed by atoms with van der Waals surface area (Å²) in [6.07, 6.45) is 4.72. The monoisotopic (exact) mass is 373 g/mol. The molecule has 1 aromatic heterocycles. The first kappa shape index (κ1) is 19.0. The smallest absolute Gasteiger partial charge is 0.251 e. The molecule has 0 radical (unpaired) electrons. The molecule has 0 saturated carbocycles. The van der Waals surface area contributed by atoms with Crippen LogP contribution in [0.25, 0.3) is 11.1 Å². The lowest BCUT2D eigenvalue weighted by atomic mass is 9.99. The average molecular weight is 374 g/mol. The molecular formula is C21H28ClN3O. The highest BCUT2D eigenvalue weighted by molar-refractivity contribution is 6.33. The van der Waals surface area contributed by atoms with Gasteiger partial charge < -0.3 is 15.2 Å². The van der Waals surface area contributed by atoms with Crippen molar-refractivity contribution >= 4 is 17.5 Å². The quantitative estimate of drug-likeness (QED) is 0.822. The Morgan fingerprint density at radius 1 is 1.15 bits per heavy atom. The van der Waals surface area contributed by atoms with Crippen LogP contribution in [0.2, 0.25) is 5.02 Å². The molecule has 5 heteroatoms. The third kappa shape index (κ3) is 3.67. The van der Waals surface area contributed by atoms with Crippen LogP contribution in [0, 0.1) is 6.92 Å². The molecule has 0 bridgehead atoms. The second kappa shape index (κ2) is 8.28. The minimum Gasteiger partial charge on any atom is -0.366 e. The van der Waals surface area contributed by atoms with Crippen LogP contribution in [0.4, 0.5) is 0 Å². The van der Waals surface area contributed by atoms with E-state index in [0.717, 1.165) is 42.0 Å². The number of likely N-dealkylation sites (tertiary alicyclic amines) is 1. The van der Waals surface area contributed by atoms with E-state index in [1.54, 1.807) is 0 Å². The number of carbonyl (C=O) groups is 1. The van der Waals surface area contributed by atoms with Crippen molar-refractivity contribution in [2.24, 2.45) is 5.73 Å².